The third-order valence-electron chi connectivity index (χ3n) is 7.34. The fraction of sp³-hybridized carbons (Fsp3) is 0.609. The van der Waals surface area contributed by atoms with Crippen molar-refractivity contribution in [2.24, 2.45) is 23.2 Å². The first-order valence-corrected chi connectivity index (χ1v) is 11.8. The molecule has 4 aliphatic carbocycles. The van der Waals surface area contributed by atoms with E-state index in [1.54, 1.807) is 18.9 Å². The number of thioether (sulfide) groups is 1. The van der Waals surface area contributed by atoms with Crippen molar-refractivity contribution in [1.82, 2.24) is 14.8 Å². The number of ketones is 1. The number of hydrogen-bond acceptors (Lipinski definition) is 5. The van der Waals surface area contributed by atoms with Crippen LogP contribution in [-0.4, -0.2) is 33.4 Å². The van der Waals surface area contributed by atoms with Crippen LogP contribution in [0.3, 0.4) is 0 Å². The number of nitrogens with zero attached hydrogens (tertiary/aromatic N) is 3. The summed E-state index contributed by atoms with van der Waals surface area (Å²) in [5, 5.41) is 9.69. The molecule has 0 radical (unpaired) electrons. The normalized spacial score (nSPS) is 29.9. The minimum absolute atomic E-state index is 0.0374. The molecule has 1 aromatic carbocycles. The van der Waals surface area contributed by atoms with Gasteiger partial charge < -0.3 is 9.30 Å². The number of ether oxygens (including phenoxy) is 1. The van der Waals surface area contributed by atoms with Gasteiger partial charge in [-0.05, 0) is 75.3 Å². The molecule has 6 rings (SSSR count). The maximum atomic E-state index is 13.3. The summed E-state index contributed by atoms with van der Waals surface area (Å²) in [4.78, 5) is 13.3. The zero-order valence-corrected chi connectivity index (χ0v) is 18.1. The van der Waals surface area contributed by atoms with Crippen molar-refractivity contribution in [2.75, 3.05) is 12.9 Å². The number of para-hydroxylation sites is 1. The van der Waals surface area contributed by atoms with Crippen molar-refractivity contribution < 1.29 is 9.53 Å². The third kappa shape index (κ3) is 3.29. The molecule has 4 fully saturated rings. The monoisotopic (exact) mass is 411 g/mol. The average Bonchev–Trinajstić information content (AvgIpc) is 3.13. The van der Waals surface area contributed by atoms with E-state index >= 15 is 0 Å². The summed E-state index contributed by atoms with van der Waals surface area (Å²) in [5.74, 6) is 4.94. The van der Waals surface area contributed by atoms with E-state index in [9.17, 15) is 4.79 Å². The molecule has 4 saturated carbocycles. The van der Waals surface area contributed by atoms with Crippen LogP contribution in [-0.2, 0) is 11.3 Å². The zero-order chi connectivity index (χ0) is 20.0. The summed E-state index contributed by atoms with van der Waals surface area (Å²) in [5.41, 5.74) is 0.896. The van der Waals surface area contributed by atoms with Gasteiger partial charge in [-0.1, -0.05) is 23.9 Å². The minimum Gasteiger partial charge on any atom is -0.496 e. The van der Waals surface area contributed by atoms with Crippen molar-refractivity contribution in [3.05, 3.63) is 24.3 Å². The number of Topliss-reactive ketones (excluding diaryl/α,β-unsaturated/α-hetero) is 1. The largest absolute Gasteiger partial charge is 0.496 e. The van der Waals surface area contributed by atoms with Crippen molar-refractivity contribution >= 4 is 17.5 Å². The van der Waals surface area contributed by atoms with Crippen LogP contribution in [0.25, 0.3) is 11.4 Å². The molecule has 0 N–H and O–H groups in total. The van der Waals surface area contributed by atoms with Crippen LogP contribution in [0.1, 0.15) is 45.4 Å². The van der Waals surface area contributed by atoms with E-state index in [1.807, 2.05) is 24.3 Å². The van der Waals surface area contributed by atoms with Gasteiger partial charge in [0.05, 0.1) is 18.4 Å². The summed E-state index contributed by atoms with van der Waals surface area (Å²) in [6.45, 7) is 2.85. The Balaban J connectivity index is 1.34. The number of carbonyl (C=O) groups is 1. The van der Waals surface area contributed by atoms with E-state index in [2.05, 4.69) is 21.7 Å². The highest BCUT2D eigenvalue weighted by Gasteiger charge is 2.54. The summed E-state index contributed by atoms with van der Waals surface area (Å²) in [6, 6.07) is 7.88. The summed E-state index contributed by atoms with van der Waals surface area (Å²) >= 11 is 1.56. The molecule has 4 bridgehead atoms. The molecule has 0 atom stereocenters. The quantitative estimate of drug-likeness (QED) is 0.610. The van der Waals surface area contributed by atoms with E-state index in [4.69, 9.17) is 4.74 Å². The van der Waals surface area contributed by atoms with Gasteiger partial charge in [-0.2, -0.15) is 0 Å². The number of benzene rings is 1. The van der Waals surface area contributed by atoms with E-state index in [0.29, 0.717) is 11.5 Å². The topological polar surface area (TPSA) is 57.0 Å². The Bertz CT molecular complexity index is 887. The summed E-state index contributed by atoms with van der Waals surface area (Å²) < 4.78 is 7.60. The van der Waals surface area contributed by atoms with Gasteiger partial charge >= 0.3 is 0 Å². The zero-order valence-electron chi connectivity index (χ0n) is 17.3. The highest BCUT2D eigenvalue weighted by atomic mass is 32.2. The van der Waals surface area contributed by atoms with Gasteiger partial charge in [0.1, 0.15) is 11.5 Å². The lowest BCUT2D eigenvalue weighted by Crippen LogP contribution is -2.50. The van der Waals surface area contributed by atoms with Crippen molar-refractivity contribution in [3.63, 3.8) is 0 Å². The second-order valence-corrected chi connectivity index (χ2v) is 10.1. The summed E-state index contributed by atoms with van der Waals surface area (Å²) in [7, 11) is 1.67. The van der Waals surface area contributed by atoms with Gasteiger partial charge in [0.15, 0.2) is 11.0 Å². The molecule has 4 aliphatic rings. The van der Waals surface area contributed by atoms with Crippen molar-refractivity contribution in [3.8, 4) is 17.1 Å². The van der Waals surface area contributed by atoms with Crippen molar-refractivity contribution in [2.45, 2.75) is 57.1 Å². The average molecular weight is 412 g/mol. The van der Waals surface area contributed by atoms with Gasteiger partial charge in [0.25, 0.3) is 0 Å². The van der Waals surface area contributed by atoms with Crippen LogP contribution in [0.4, 0.5) is 0 Å². The molecular weight excluding hydrogens is 382 g/mol. The lowest BCUT2D eigenvalue weighted by atomic mass is 9.48. The van der Waals surface area contributed by atoms with Crippen LogP contribution in [0.15, 0.2) is 29.4 Å². The van der Waals surface area contributed by atoms with Crippen LogP contribution in [0, 0.1) is 23.2 Å². The van der Waals surface area contributed by atoms with Gasteiger partial charge in [-0.15, -0.1) is 10.2 Å². The molecule has 0 saturated heterocycles. The number of hydrogen-bond donors (Lipinski definition) is 0. The number of rotatable bonds is 7. The lowest BCUT2D eigenvalue weighted by molar-refractivity contribution is -0.141. The standard InChI is InChI=1S/C23H29N3O2S/c1-3-26-21(18-6-4-5-7-19(18)28-2)24-25-22(26)29-14-20(27)23-11-15-8-16(12-23)10-17(9-15)13-23/h4-7,15-17H,3,8-14H2,1-2H3. The Morgan fingerprint density at radius 1 is 1.14 bits per heavy atom. The van der Waals surface area contributed by atoms with Crippen LogP contribution in [0.2, 0.25) is 0 Å². The predicted octanol–water partition coefficient (Wildman–Crippen LogP) is 4.85. The molecule has 1 aromatic heterocycles. The predicted molar refractivity (Wildman–Crippen MR) is 114 cm³/mol. The molecular formula is C23H29N3O2S. The van der Waals surface area contributed by atoms with Crippen LogP contribution >= 0.6 is 11.8 Å². The SMILES string of the molecule is CCn1c(SCC(=O)C23CC4CC(CC(C4)C2)C3)nnc1-c1ccccc1OC. The Kier molecular flexibility index (Phi) is 4.93. The Labute approximate surface area is 176 Å². The van der Waals surface area contributed by atoms with E-state index in [1.165, 1.54) is 19.3 Å². The van der Waals surface area contributed by atoms with Gasteiger partial charge in [-0.3, -0.25) is 4.79 Å². The molecule has 0 unspecified atom stereocenters. The second kappa shape index (κ2) is 7.46. The van der Waals surface area contributed by atoms with Crippen LogP contribution < -0.4 is 4.74 Å². The number of aromatic nitrogens is 3. The highest BCUT2D eigenvalue weighted by Crippen LogP contribution is 2.60. The molecule has 0 aliphatic heterocycles. The Morgan fingerprint density at radius 3 is 2.41 bits per heavy atom. The minimum atomic E-state index is -0.0374. The smallest absolute Gasteiger partial charge is 0.191 e. The van der Waals surface area contributed by atoms with Crippen LogP contribution in [0.5, 0.6) is 5.75 Å². The Morgan fingerprint density at radius 2 is 1.79 bits per heavy atom. The van der Waals surface area contributed by atoms with Gasteiger partial charge in [-0.25, -0.2) is 0 Å². The van der Waals surface area contributed by atoms with Gasteiger partial charge in [0.2, 0.25) is 0 Å². The fourth-order valence-corrected chi connectivity index (χ4v) is 7.48. The molecule has 1 heterocycles. The van der Waals surface area contributed by atoms with Gasteiger partial charge in [0, 0.05) is 12.0 Å². The van der Waals surface area contributed by atoms with E-state index in [0.717, 1.165) is 65.9 Å². The van der Waals surface area contributed by atoms with E-state index in [-0.39, 0.29) is 5.41 Å². The maximum Gasteiger partial charge on any atom is 0.191 e. The molecule has 6 heteroatoms. The molecule has 0 amide bonds. The molecule has 5 nitrogen and oxygen atoms in total. The number of methoxy groups -OCH3 is 1. The fourth-order valence-electron chi connectivity index (χ4n) is 6.44. The molecule has 154 valence electrons. The highest BCUT2D eigenvalue weighted by molar-refractivity contribution is 7.99. The number of carbonyl (C=O) groups excluding carboxylic acids is 1. The molecule has 29 heavy (non-hydrogen) atoms. The first-order valence-electron chi connectivity index (χ1n) is 10.8. The third-order valence-corrected chi connectivity index (χ3v) is 8.31. The first-order chi connectivity index (χ1) is 14.1. The van der Waals surface area contributed by atoms with E-state index < -0.39 is 0 Å². The summed E-state index contributed by atoms with van der Waals surface area (Å²) in [6.07, 6.45) is 7.49. The molecule has 2 aromatic rings. The second-order valence-electron chi connectivity index (χ2n) is 9.16. The maximum absolute atomic E-state index is 13.3. The molecule has 0 spiro atoms. The lowest BCUT2D eigenvalue weighted by Gasteiger charge is -2.56. The first kappa shape index (κ1) is 19.2. The van der Waals surface area contributed by atoms with Crippen molar-refractivity contribution in [1.29, 1.82) is 0 Å². The Hall–Kier alpha value is -1.82.